The van der Waals surface area contributed by atoms with Gasteiger partial charge < -0.3 is 5.73 Å². The van der Waals surface area contributed by atoms with Crippen molar-refractivity contribution in [1.82, 2.24) is 0 Å². The highest BCUT2D eigenvalue weighted by Crippen LogP contribution is 2.46. The molecular formula is C17H26ClNS. The van der Waals surface area contributed by atoms with E-state index in [1.165, 1.54) is 24.2 Å². The Balaban J connectivity index is 2.12. The van der Waals surface area contributed by atoms with E-state index in [-0.39, 0.29) is 0 Å². The third-order valence-electron chi connectivity index (χ3n) is 4.57. The van der Waals surface area contributed by atoms with Crippen molar-refractivity contribution in [2.24, 2.45) is 23.0 Å². The molecular weight excluding hydrogens is 286 g/mol. The number of halogens is 1. The Hall–Kier alpha value is -0.180. The molecule has 0 spiro atoms. The van der Waals surface area contributed by atoms with E-state index < -0.39 is 0 Å². The Morgan fingerprint density at radius 3 is 2.55 bits per heavy atom. The first-order chi connectivity index (χ1) is 9.41. The van der Waals surface area contributed by atoms with Gasteiger partial charge in [-0.15, -0.1) is 11.8 Å². The van der Waals surface area contributed by atoms with E-state index in [4.69, 9.17) is 17.3 Å². The van der Waals surface area contributed by atoms with Gasteiger partial charge in [-0.1, -0.05) is 44.5 Å². The maximum Gasteiger partial charge on any atom is 0.0541 e. The van der Waals surface area contributed by atoms with Crippen molar-refractivity contribution in [3.63, 3.8) is 0 Å². The predicted octanol–water partition coefficient (Wildman–Crippen LogP) is 5.22. The molecule has 112 valence electrons. The van der Waals surface area contributed by atoms with E-state index in [1.807, 2.05) is 23.9 Å². The minimum absolute atomic E-state index is 0.388. The Morgan fingerprint density at radius 1 is 1.25 bits per heavy atom. The molecule has 0 heterocycles. The quantitative estimate of drug-likeness (QED) is 0.828. The van der Waals surface area contributed by atoms with Crippen LogP contribution in [0.1, 0.15) is 40.0 Å². The molecule has 3 atom stereocenters. The van der Waals surface area contributed by atoms with E-state index in [1.54, 1.807) is 0 Å². The molecule has 3 unspecified atom stereocenters. The van der Waals surface area contributed by atoms with Crippen molar-refractivity contribution in [3.8, 4) is 0 Å². The van der Waals surface area contributed by atoms with Gasteiger partial charge in [-0.05, 0) is 55.2 Å². The zero-order valence-electron chi connectivity index (χ0n) is 12.7. The van der Waals surface area contributed by atoms with Crippen molar-refractivity contribution in [2.45, 2.75) is 50.2 Å². The molecule has 1 saturated carbocycles. The second-order valence-corrected chi connectivity index (χ2v) is 8.65. The van der Waals surface area contributed by atoms with Crippen LogP contribution in [0.5, 0.6) is 0 Å². The Bertz CT molecular complexity index is 441. The van der Waals surface area contributed by atoms with Gasteiger partial charge in [-0.3, -0.25) is 0 Å². The van der Waals surface area contributed by atoms with Gasteiger partial charge in [-0.25, -0.2) is 0 Å². The SMILES string of the molecule is CC(C)(C)C1CCC(CN)C(Sc2ccccc2Cl)C1. The zero-order valence-corrected chi connectivity index (χ0v) is 14.3. The van der Waals surface area contributed by atoms with Gasteiger partial charge in [0.1, 0.15) is 0 Å². The van der Waals surface area contributed by atoms with Crippen LogP contribution in [0.15, 0.2) is 29.2 Å². The first kappa shape index (κ1) is 16.2. The van der Waals surface area contributed by atoms with Crippen LogP contribution in [0.4, 0.5) is 0 Å². The molecule has 2 N–H and O–H groups in total. The highest BCUT2D eigenvalue weighted by atomic mass is 35.5. The minimum Gasteiger partial charge on any atom is -0.330 e. The first-order valence-corrected chi connectivity index (χ1v) is 8.79. The third-order valence-corrected chi connectivity index (χ3v) is 6.50. The van der Waals surface area contributed by atoms with Gasteiger partial charge >= 0.3 is 0 Å². The summed E-state index contributed by atoms with van der Waals surface area (Å²) in [7, 11) is 0. The Labute approximate surface area is 132 Å². The smallest absolute Gasteiger partial charge is 0.0541 e. The van der Waals surface area contributed by atoms with Gasteiger partial charge in [0.15, 0.2) is 0 Å². The Kier molecular flexibility index (Phi) is 5.44. The largest absolute Gasteiger partial charge is 0.330 e. The van der Waals surface area contributed by atoms with Crippen LogP contribution in [0.25, 0.3) is 0 Å². The van der Waals surface area contributed by atoms with Gasteiger partial charge in [-0.2, -0.15) is 0 Å². The van der Waals surface area contributed by atoms with E-state index in [2.05, 4.69) is 32.9 Å². The molecule has 1 aliphatic rings. The summed E-state index contributed by atoms with van der Waals surface area (Å²) in [5.41, 5.74) is 6.38. The average Bonchev–Trinajstić information content (AvgIpc) is 2.40. The number of rotatable bonds is 3. The number of nitrogens with two attached hydrogens (primary N) is 1. The van der Waals surface area contributed by atoms with Gasteiger partial charge in [0.25, 0.3) is 0 Å². The third kappa shape index (κ3) is 3.93. The highest BCUT2D eigenvalue weighted by Gasteiger charge is 2.35. The molecule has 1 aromatic rings. The minimum atomic E-state index is 0.388. The number of thioether (sulfide) groups is 1. The van der Waals surface area contributed by atoms with Crippen LogP contribution in [0.3, 0.4) is 0 Å². The van der Waals surface area contributed by atoms with Crippen molar-refractivity contribution in [3.05, 3.63) is 29.3 Å². The molecule has 0 aliphatic heterocycles. The fourth-order valence-electron chi connectivity index (χ4n) is 3.10. The second kappa shape index (κ2) is 6.72. The van der Waals surface area contributed by atoms with Gasteiger partial charge in [0.2, 0.25) is 0 Å². The average molecular weight is 312 g/mol. The summed E-state index contributed by atoms with van der Waals surface area (Å²) in [4.78, 5) is 1.20. The number of hydrogen-bond acceptors (Lipinski definition) is 2. The molecule has 20 heavy (non-hydrogen) atoms. The fraction of sp³-hybridized carbons (Fsp3) is 0.647. The lowest BCUT2D eigenvalue weighted by atomic mass is 9.69. The van der Waals surface area contributed by atoms with Gasteiger partial charge in [0.05, 0.1) is 5.02 Å². The molecule has 0 amide bonds. The van der Waals surface area contributed by atoms with Gasteiger partial charge in [0, 0.05) is 10.1 Å². The Morgan fingerprint density at radius 2 is 1.95 bits per heavy atom. The lowest BCUT2D eigenvalue weighted by Gasteiger charge is -2.41. The van der Waals surface area contributed by atoms with Crippen molar-refractivity contribution in [2.75, 3.05) is 6.54 Å². The maximum atomic E-state index is 6.31. The van der Waals surface area contributed by atoms with Crippen LogP contribution < -0.4 is 5.73 Å². The van der Waals surface area contributed by atoms with Crippen molar-refractivity contribution >= 4 is 23.4 Å². The topological polar surface area (TPSA) is 26.0 Å². The monoisotopic (exact) mass is 311 g/mol. The van der Waals surface area contributed by atoms with E-state index in [0.29, 0.717) is 16.6 Å². The molecule has 2 rings (SSSR count). The maximum absolute atomic E-state index is 6.31. The lowest BCUT2D eigenvalue weighted by molar-refractivity contribution is 0.157. The van der Waals surface area contributed by atoms with E-state index >= 15 is 0 Å². The van der Waals surface area contributed by atoms with Crippen molar-refractivity contribution < 1.29 is 0 Å². The molecule has 0 aromatic heterocycles. The van der Waals surface area contributed by atoms with Crippen LogP contribution >= 0.6 is 23.4 Å². The normalized spacial score (nSPS) is 27.6. The summed E-state index contributed by atoms with van der Waals surface area (Å²) >= 11 is 8.24. The summed E-state index contributed by atoms with van der Waals surface area (Å²) in [6, 6.07) is 8.16. The summed E-state index contributed by atoms with van der Waals surface area (Å²) < 4.78 is 0. The zero-order chi connectivity index (χ0) is 14.8. The van der Waals surface area contributed by atoms with Crippen molar-refractivity contribution in [1.29, 1.82) is 0 Å². The standard InChI is InChI=1S/C17H26ClNS/c1-17(2,3)13-9-8-12(11-19)16(10-13)20-15-7-5-4-6-14(15)18/h4-7,12-13,16H,8-11,19H2,1-3H3. The number of hydrogen-bond donors (Lipinski definition) is 1. The van der Waals surface area contributed by atoms with E-state index in [9.17, 15) is 0 Å². The summed E-state index contributed by atoms with van der Waals surface area (Å²) in [6.07, 6.45) is 3.81. The van der Waals surface area contributed by atoms with E-state index in [0.717, 1.165) is 17.5 Å². The van der Waals surface area contributed by atoms with Crippen LogP contribution in [0.2, 0.25) is 5.02 Å². The molecule has 1 fully saturated rings. The predicted molar refractivity (Wildman–Crippen MR) is 90.4 cm³/mol. The molecule has 0 saturated heterocycles. The molecule has 3 heteroatoms. The molecule has 1 nitrogen and oxygen atoms in total. The van der Waals surface area contributed by atoms with Crippen LogP contribution in [0, 0.1) is 17.3 Å². The van der Waals surface area contributed by atoms with Crippen LogP contribution in [-0.4, -0.2) is 11.8 Å². The second-order valence-electron chi connectivity index (χ2n) is 6.96. The molecule has 1 aromatic carbocycles. The molecule has 0 radical (unpaired) electrons. The summed E-state index contributed by atoms with van der Waals surface area (Å²) in [5, 5.41) is 1.46. The van der Waals surface area contributed by atoms with Crippen LogP contribution in [-0.2, 0) is 0 Å². The highest BCUT2D eigenvalue weighted by molar-refractivity contribution is 8.00. The number of benzene rings is 1. The molecule has 1 aliphatic carbocycles. The summed E-state index contributed by atoms with van der Waals surface area (Å²) in [6.45, 7) is 7.87. The lowest BCUT2D eigenvalue weighted by Crippen LogP contribution is -2.36. The fourth-order valence-corrected chi connectivity index (χ4v) is 4.80. The summed E-state index contributed by atoms with van der Waals surface area (Å²) in [5.74, 6) is 1.40. The first-order valence-electron chi connectivity index (χ1n) is 7.53. The molecule has 0 bridgehead atoms.